The summed E-state index contributed by atoms with van der Waals surface area (Å²) in [5.41, 5.74) is 4.76. The molecule has 2 aromatic rings. The lowest BCUT2D eigenvalue weighted by molar-refractivity contribution is 0.116. The Hall–Kier alpha value is -1.30. The molecule has 5 unspecified atom stereocenters. The zero-order valence-electron chi connectivity index (χ0n) is 14.4. The van der Waals surface area contributed by atoms with Crippen molar-refractivity contribution >= 4 is 10.8 Å². The first kappa shape index (κ1) is 14.3. The molecule has 2 aliphatic rings. The van der Waals surface area contributed by atoms with Crippen molar-refractivity contribution in [2.24, 2.45) is 23.7 Å². The summed E-state index contributed by atoms with van der Waals surface area (Å²) in [5.74, 6) is 4.21. The van der Waals surface area contributed by atoms with Crippen LogP contribution in [0.15, 0.2) is 30.3 Å². The number of fused-ring (bicyclic) bond motifs is 5. The van der Waals surface area contributed by atoms with Gasteiger partial charge in [-0.15, -0.1) is 0 Å². The lowest BCUT2D eigenvalue weighted by Gasteiger charge is -2.47. The van der Waals surface area contributed by atoms with Crippen LogP contribution >= 0.6 is 0 Å². The summed E-state index contributed by atoms with van der Waals surface area (Å²) in [4.78, 5) is 0. The van der Waals surface area contributed by atoms with Gasteiger partial charge in [-0.2, -0.15) is 0 Å². The molecule has 0 aliphatic heterocycles. The maximum Gasteiger partial charge on any atom is -0.00998 e. The molecule has 0 saturated heterocycles. The second kappa shape index (κ2) is 5.11. The molecule has 0 heteroatoms. The first-order valence-corrected chi connectivity index (χ1v) is 9.09. The molecule has 0 nitrogen and oxygen atoms in total. The van der Waals surface area contributed by atoms with Crippen molar-refractivity contribution in [2.75, 3.05) is 0 Å². The van der Waals surface area contributed by atoms with Crippen LogP contribution in [0.1, 0.15) is 56.2 Å². The number of hydrogen-bond donors (Lipinski definition) is 0. The Balaban J connectivity index is 1.94. The summed E-state index contributed by atoms with van der Waals surface area (Å²) < 4.78 is 0. The average Bonchev–Trinajstić information content (AvgIpc) is 2.51. The van der Waals surface area contributed by atoms with E-state index in [1.165, 1.54) is 35.6 Å². The van der Waals surface area contributed by atoms with Crippen molar-refractivity contribution in [1.29, 1.82) is 0 Å². The predicted molar refractivity (Wildman–Crippen MR) is 95.3 cm³/mol. The van der Waals surface area contributed by atoms with Crippen molar-refractivity contribution in [3.05, 3.63) is 47.0 Å². The van der Waals surface area contributed by atoms with E-state index in [0.29, 0.717) is 0 Å². The molecular weight excluding hydrogens is 264 g/mol. The van der Waals surface area contributed by atoms with Gasteiger partial charge < -0.3 is 0 Å². The number of aryl methyl sites for hydroxylation is 1. The van der Waals surface area contributed by atoms with Crippen LogP contribution in [0.25, 0.3) is 10.8 Å². The fourth-order valence-electron chi connectivity index (χ4n) is 5.40. The molecule has 5 atom stereocenters. The Morgan fingerprint density at radius 1 is 0.864 bits per heavy atom. The molecule has 2 aliphatic carbocycles. The molecule has 0 spiro atoms. The molecule has 1 saturated carbocycles. The molecule has 0 amide bonds. The molecule has 116 valence electrons. The minimum absolute atomic E-state index is 0.785. The third-order valence-electron chi connectivity index (χ3n) is 6.92. The monoisotopic (exact) mass is 292 g/mol. The van der Waals surface area contributed by atoms with Gasteiger partial charge in [0.2, 0.25) is 0 Å². The summed E-state index contributed by atoms with van der Waals surface area (Å²) in [6.07, 6.45) is 4.13. The molecule has 0 bridgehead atoms. The van der Waals surface area contributed by atoms with Gasteiger partial charge >= 0.3 is 0 Å². The highest BCUT2D eigenvalue weighted by Crippen LogP contribution is 2.53. The van der Waals surface area contributed by atoms with Crippen LogP contribution in [0, 0.1) is 30.6 Å². The quantitative estimate of drug-likeness (QED) is 0.550. The van der Waals surface area contributed by atoms with Gasteiger partial charge in [-0.25, -0.2) is 0 Å². The summed E-state index contributed by atoms with van der Waals surface area (Å²) in [6, 6.07) is 11.7. The molecule has 1 fully saturated rings. The van der Waals surface area contributed by atoms with Gasteiger partial charge in [0.15, 0.2) is 0 Å². The van der Waals surface area contributed by atoms with Crippen LogP contribution in [0.2, 0.25) is 0 Å². The van der Waals surface area contributed by atoms with Gasteiger partial charge in [0.05, 0.1) is 0 Å². The normalized spacial score (nSPS) is 34.3. The molecule has 0 heterocycles. The zero-order valence-corrected chi connectivity index (χ0v) is 14.4. The highest BCUT2D eigenvalue weighted by molar-refractivity contribution is 5.89. The van der Waals surface area contributed by atoms with Gasteiger partial charge in [-0.1, -0.05) is 57.5 Å². The van der Waals surface area contributed by atoms with E-state index < -0.39 is 0 Å². The zero-order chi connectivity index (χ0) is 15.4. The van der Waals surface area contributed by atoms with Crippen LogP contribution in [0.3, 0.4) is 0 Å². The fraction of sp³-hybridized carbons (Fsp3) is 0.545. The summed E-state index contributed by atoms with van der Waals surface area (Å²) in [7, 11) is 0. The van der Waals surface area contributed by atoms with E-state index in [9.17, 15) is 0 Å². The molecule has 2 aromatic carbocycles. The van der Waals surface area contributed by atoms with E-state index in [-0.39, 0.29) is 0 Å². The minimum Gasteiger partial charge on any atom is -0.0622 e. The van der Waals surface area contributed by atoms with E-state index in [2.05, 4.69) is 58.0 Å². The van der Waals surface area contributed by atoms with Gasteiger partial charge in [0.25, 0.3) is 0 Å². The average molecular weight is 292 g/mol. The van der Waals surface area contributed by atoms with E-state index in [1.54, 1.807) is 11.1 Å². The van der Waals surface area contributed by atoms with E-state index in [0.717, 1.165) is 29.6 Å². The fourth-order valence-corrected chi connectivity index (χ4v) is 5.40. The Morgan fingerprint density at radius 3 is 2.50 bits per heavy atom. The largest absolute Gasteiger partial charge is 0.0622 e. The lowest BCUT2D eigenvalue weighted by atomic mass is 9.57. The molecule has 0 N–H and O–H groups in total. The van der Waals surface area contributed by atoms with Crippen molar-refractivity contribution in [3.63, 3.8) is 0 Å². The van der Waals surface area contributed by atoms with Gasteiger partial charge in [0, 0.05) is 0 Å². The highest BCUT2D eigenvalue weighted by atomic mass is 14.5. The molecular formula is C22H28. The SMILES string of the molecule is Cc1cccc2c3c(ccc12)C1C(C)C(C)CCC1C(C)C3. The van der Waals surface area contributed by atoms with Crippen LogP contribution in [0.5, 0.6) is 0 Å². The number of rotatable bonds is 0. The van der Waals surface area contributed by atoms with Crippen LogP contribution in [0.4, 0.5) is 0 Å². The summed E-state index contributed by atoms with van der Waals surface area (Å²) >= 11 is 0. The van der Waals surface area contributed by atoms with Crippen LogP contribution in [-0.4, -0.2) is 0 Å². The van der Waals surface area contributed by atoms with Crippen LogP contribution < -0.4 is 0 Å². The van der Waals surface area contributed by atoms with Crippen molar-refractivity contribution in [3.8, 4) is 0 Å². The minimum atomic E-state index is 0.785. The molecule has 0 radical (unpaired) electrons. The summed E-state index contributed by atoms with van der Waals surface area (Å²) in [6.45, 7) is 9.71. The first-order chi connectivity index (χ1) is 10.6. The molecule has 4 rings (SSSR count). The second-order valence-corrected chi connectivity index (χ2v) is 8.09. The Bertz CT molecular complexity index is 711. The standard InChI is InChI=1S/C22H28/c1-13-8-9-18-15(3)12-21-19-7-5-6-14(2)17(19)10-11-20(21)22(18)16(13)4/h5-7,10-11,13,15-16,18,22H,8-9,12H2,1-4H3. The lowest BCUT2D eigenvalue weighted by Crippen LogP contribution is -2.38. The molecule has 0 aromatic heterocycles. The first-order valence-electron chi connectivity index (χ1n) is 9.09. The van der Waals surface area contributed by atoms with Gasteiger partial charge in [-0.05, 0) is 76.8 Å². The third-order valence-corrected chi connectivity index (χ3v) is 6.92. The van der Waals surface area contributed by atoms with Crippen molar-refractivity contribution in [1.82, 2.24) is 0 Å². The van der Waals surface area contributed by atoms with Gasteiger partial charge in [0.1, 0.15) is 0 Å². The maximum atomic E-state index is 2.50. The van der Waals surface area contributed by atoms with Crippen molar-refractivity contribution in [2.45, 2.75) is 52.9 Å². The highest BCUT2D eigenvalue weighted by Gasteiger charge is 2.42. The Labute approximate surface area is 134 Å². The Morgan fingerprint density at radius 2 is 1.68 bits per heavy atom. The van der Waals surface area contributed by atoms with Crippen molar-refractivity contribution < 1.29 is 0 Å². The van der Waals surface area contributed by atoms with Gasteiger partial charge in [-0.3, -0.25) is 0 Å². The predicted octanol–water partition coefficient (Wildman–Crippen LogP) is 6.11. The topological polar surface area (TPSA) is 0 Å². The Kier molecular flexibility index (Phi) is 3.33. The van der Waals surface area contributed by atoms with E-state index in [1.807, 2.05) is 0 Å². The van der Waals surface area contributed by atoms with E-state index in [4.69, 9.17) is 0 Å². The third kappa shape index (κ3) is 1.96. The maximum absolute atomic E-state index is 2.50. The van der Waals surface area contributed by atoms with Crippen LogP contribution in [-0.2, 0) is 6.42 Å². The second-order valence-electron chi connectivity index (χ2n) is 8.09. The smallest absolute Gasteiger partial charge is 0.00998 e. The molecule has 22 heavy (non-hydrogen) atoms. The number of hydrogen-bond acceptors (Lipinski definition) is 0. The summed E-state index contributed by atoms with van der Waals surface area (Å²) in [5, 5.41) is 2.98. The number of benzene rings is 2. The van der Waals surface area contributed by atoms with E-state index >= 15 is 0 Å².